The third kappa shape index (κ3) is 2.70. The molecule has 0 bridgehead atoms. The van der Waals surface area contributed by atoms with Crippen LogP contribution < -0.4 is 16.4 Å². The number of nitrogens with two attached hydrogens (primary N) is 2. The highest BCUT2D eigenvalue weighted by Crippen LogP contribution is 2.44. The fraction of sp³-hybridized carbons (Fsp3) is 0.300. The summed E-state index contributed by atoms with van der Waals surface area (Å²) < 4.78 is 0. The molecule has 2 atom stereocenters. The zero-order valence-corrected chi connectivity index (χ0v) is 14.7. The molecule has 1 aliphatic rings. The number of carbonyl (C=O) groups is 2. The summed E-state index contributed by atoms with van der Waals surface area (Å²) in [6.45, 7) is 5.54. The van der Waals surface area contributed by atoms with Crippen molar-refractivity contribution < 1.29 is 9.59 Å². The lowest BCUT2D eigenvalue weighted by Gasteiger charge is -2.27. The number of nitrogen functional groups attached to an aromatic ring is 1. The summed E-state index contributed by atoms with van der Waals surface area (Å²) in [6.07, 6.45) is 0. The van der Waals surface area contributed by atoms with Gasteiger partial charge in [-0.2, -0.15) is 0 Å². The van der Waals surface area contributed by atoms with E-state index in [9.17, 15) is 9.59 Å². The van der Waals surface area contributed by atoms with Gasteiger partial charge in [-0.3, -0.25) is 9.59 Å². The molecule has 0 saturated carbocycles. The highest BCUT2D eigenvalue weighted by molar-refractivity contribution is 6.22. The SMILES string of the molecule is CC(C)[C@H](N)C(=O)N1C(=O)[C@H](C)c2ccccc2-c2c(N)cccc21. The molecule has 0 unspecified atom stereocenters. The number of fused-ring (bicyclic) bond motifs is 3. The van der Waals surface area contributed by atoms with Crippen molar-refractivity contribution in [3.05, 3.63) is 48.0 Å². The van der Waals surface area contributed by atoms with Gasteiger partial charge in [0.15, 0.2) is 0 Å². The molecular formula is C20H23N3O2. The van der Waals surface area contributed by atoms with Crippen molar-refractivity contribution in [1.29, 1.82) is 0 Å². The van der Waals surface area contributed by atoms with Crippen LogP contribution in [0.25, 0.3) is 11.1 Å². The molecule has 2 aromatic carbocycles. The molecule has 0 spiro atoms. The van der Waals surface area contributed by atoms with Crippen LogP contribution in [0.2, 0.25) is 0 Å². The minimum Gasteiger partial charge on any atom is -0.398 e. The van der Waals surface area contributed by atoms with Gasteiger partial charge in [-0.25, -0.2) is 4.90 Å². The van der Waals surface area contributed by atoms with Crippen LogP contribution in [-0.2, 0) is 9.59 Å². The lowest BCUT2D eigenvalue weighted by molar-refractivity contribution is -0.128. The molecule has 25 heavy (non-hydrogen) atoms. The highest BCUT2D eigenvalue weighted by atomic mass is 16.2. The molecule has 130 valence electrons. The van der Waals surface area contributed by atoms with E-state index in [1.807, 2.05) is 45.0 Å². The molecule has 0 aliphatic carbocycles. The maximum absolute atomic E-state index is 13.2. The van der Waals surface area contributed by atoms with Crippen LogP contribution in [0.15, 0.2) is 42.5 Å². The van der Waals surface area contributed by atoms with E-state index in [1.54, 1.807) is 18.2 Å². The maximum atomic E-state index is 13.2. The number of benzene rings is 2. The molecule has 3 rings (SSSR count). The first-order valence-electron chi connectivity index (χ1n) is 8.45. The molecule has 0 aromatic heterocycles. The van der Waals surface area contributed by atoms with E-state index in [-0.39, 0.29) is 11.8 Å². The summed E-state index contributed by atoms with van der Waals surface area (Å²) in [5.41, 5.74) is 15.8. The Morgan fingerprint density at radius 1 is 1.12 bits per heavy atom. The number of carbonyl (C=O) groups excluding carboxylic acids is 2. The number of hydrogen-bond acceptors (Lipinski definition) is 4. The lowest BCUT2D eigenvalue weighted by atomic mass is 9.92. The number of rotatable bonds is 2. The molecule has 2 amide bonds. The summed E-state index contributed by atoms with van der Waals surface area (Å²) in [5, 5.41) is 0. The van der Waals surface area contributed by atoms with Gasteiger partial charge >= 0.3 is 0 Å². The number of anilines is 2. The van der Waals surface area contributed by atoms with Crippen LogP contribution in [0, 0.1) is 5.92 Å². The van der Waals surface area contributed by atoms with Gasteiger partial charge in [-0.1, -0.05) is 44.2 Å². The van der Waals surface area contributed by atoms with Gasteiger partial charge in [0.2, 0.25) is 5.91 Å². The molecule has 5 heteroatoms. The van der Waals surface area contributed by atoms with Crippen LogP contribution in [0.1, 0.15) is 32.3 Å². The standard InChI is InChI=1S/C20H23N3O2/c1-11(2)18(22)20(25)23-16-10-6-9-15(21)17(16)14-8-5-4-7-13(14)12(3)19(23)24/h4-12,18H,21-22H2,1-3H3/t12-,18+/m1/s1. The van der Waals surface area contributed by atoms with Gasteiger partial charge < -0.3 is 11.5 Å². The predicted molar refractivity (Wildman–Crippen MR) is 100 cm³/mol. The average Bonchev–Trinajstić information content (AvgIpc) is 2.69. The van der Waals surface area contributed by atoms with Crippen molar-refractivity contribution in [3.8, 4) is 11.1 Å². The van der Waals surface area contributed by atoms with Crippen LogP contribution in [0.5, 0.6) is 0 Å². The number of amides is 2. The maximum Gasteiger partial charge on any atom is 0.250 e. The second-order valence-electron chi connectivity index (χ2n) is 6.83. The summed E-state index contributed by atoms with van der Waals surface area (Å²) in [4.78, 5) is 27.4. The second-order valence-corrected chi connectivity index (χ2v) is 6.83. The van der Waals surface area contributed by atoms with Crippen LogP contribution >= 0.6 is 0 Å². The molecule has 0 radical (unpaired) electrons. The van der Waals surface area contributed by atoms with E-state index in [0.29, 0.717) is 16.9 Å². The summed E-state index contributed by atoms with van der Waals surface area (Å²) in [7, 11) is 0. The smallest absolute Gasteiger partial charge is 0.250 e. The molecule has 0 saturated heterocycles. The third-order valence-electron chi connectivity index (χ3n) is 4.83. The minimum absolute atomic E-state index is 0.0780. The fourth-order valence-corrected chi connectivity index (χ4v) is 3.25. The van der Waals surface area contributed by atoms with Crippen molar-refractivity contribution >= 4 is 23.2 Å². The monoisotopic (exact) mass is 337 g/mol. The zero-order valence-electron chi connectivity index (χ0n) is 14.7. The van der Waals surface area contributed by atoms with Gasteiger partial charge in [-0.15, -0.1) is 0 Å². The fourth-order valence-electron chi connectivity index (χ4n) is 3.25. The normalized spacial score (nSPS) is 17.7. The first-order chi connectivity index (χ1) is 11.8. The summed E-state index contributed by atoms with van der Waals surface area (Å²) >= 11 is 0. The van der Waals surface area contributed by atoms with Crippen molar-refractivity contribution in [2.75, 3.05) is 10.6 Å². The van der Waals surface area contributed by atoms with Gasteiger partial charge in [0.05, 0.1) is 17.6 Å². The molecule has 5 nitrogen and oxygen atoms in total. The number of hydrogen-bond donors (Lipinski definition) is 2. The third-order valence-corrected chi connectivity index (χ3v) is 4.83. The first kappa shape index (κ1) is 17.2. The predicted octanol–water partition coefficient (Wildman–Crippen LogP) is 2.90. The Hall–Kier alpha value is -2.66. The van der Waals surface area contributed by atoms with Crippen LogP contribution in [-0.4, -0.2) is 17.9 Å². The van der Waals surface area contributed by atoms with E-state index in [1.165, 1.54) is 4.90 Å². The van der Waals surface area contributed by atoms with E-state index < -0.39 is 17.9 Å². The van der Waals surface area contributed by atoms with E-state index in [2.05, 4.69) is 0 Å². The van der Waals surface area contributed by atoms with Crippen molar-refractivity contribution in [2.24, 2.45) is 11.7 Å². The Morgan fingerprint density at radius 2 is 1.80 bits per heavy atom. The van der Waals surface area contributed by atoms with Crippen molar-refractivity contribution in [1.82, 2.24) is 0 Å². The van der Waals surface area contributed by atoms with E-state index in [4.69, 9.17) is 11.5 Å². The molecule has 0 fully saturated rings. The van der Waals surface area contributed by atoms with Gasteiger partial charge in [0.25, 0.3) is 5.91 Å². The van der Waals surface area contributed by atoms with Crippen LogP contribution in [0.4, 0.5) is 11.4 Å². The first-order valence-corrected chi connectivity index (χ1v) is 8.45. The Kier molecular flexibility index (Phi) is 4.35. The number of imide groups is 1. The summed E-state index contributed by atoms with van der Waals surface area (Å²) in [6, 6.07) is 12.2. The molecule has 1 heterocycles. The Balaban J connectivity index is 2.29. The second kappa shape index (κ2) is 6.33. The lowest BCUT2D eigenvalue weighted by Crippen LogP contribution is -2.50. The molecule has 2 aromatic rings. The summed E-state index contributed by atoms with van der Waals surface area (Å²) in [5.74, 6) is -1.22. The van der Waals surface area contributed by atoms with Gasteiger partial charge in [-0.05, 0) is 36.1 Å². The number of nitrogens with zero attached hydrogens (tertiary/aromatic N) is 1. The Bertz CT molecular complexity index is 845. The topological polar surface area (TPSA) is 89.4 Å². The Morgan fingerprint density at radius 3 is 2.48 bits per heavy atom. The van der Waals surface area contributed by atoms with Gasteiger partial charge in [0.1, 0.15) is 0 Å². The Labute approximate surface area is 147 Å². The molecule has 4 N–H and O–H groups in total. The van der Waals surface area contributed by atoms with Gasteiger partial charge in [0, 0.05) is 11.3 Å². The van der Waals surface area contributed by atoms with Crippen molar-refractivity contribution in [3.63, 3.8) is 0 Å². The van der Waals surface area contributed by atoms with E-state index >= 15 is 0 Å². The highest BCUT2D eigenvalue weighted by Gasteiger charge is 2.38. The molecular weight excluding hydrogens is 314 g/mol. The molecule has 1 aliphatic heterocycles. The zero-order chi connectivity index (χ0) is 18.3. The van der Waals surface area contributed by atoms with E-state index in [0.717, 1.165) is 11.1 Å². The average molecular weight is 337 g/mol. The van der Waals surface area contributed by atoms with Crippen molar-refractivity contribution in [2.45, 2.75) is 32.7 Å². The van der Waals surface area contributed by atoms with Crippen LogP contribution in [0.3, 0.4) is 0 Å². The largest absolute Gasteiger partial charge is 0.398 e. The minimum atomic E-state index is -0.758. The quantitative estimate of drug-likeness (QED) is 0.825.